The largest absolute Gasteiger partial charge is 0.381 e. The molecule has 0 radical (unpaired) electrons. The van der Waals surface area contributed by atoms with Gasteiger partial charge in [-0.2, -0.15) is 0 Å². The van der Waals surface area contributed by atoms with Crippen LogP contribution in [0.3, 0.4) is 0 Å². The van der Waals surface area contributed by atoms with Crippen molar-refractivity contribution in [3.05, 3.63) is 24.4 Å². The van der Waals surface area contributed by atoms with Crippen LogP contribution in [-0.4, -0.2) is 30.9 Å². The normalized spacial score (nSPS) is 21.2. The van der Waals surface area contributed by atoms with Gasteiger partial charge in [0.1, 0.15) is 0 Å². The van der Waals surface area contributed by atoms with Gasteiger partial charge in [0, 0.05) is 25.8 Å². The molecule has 3 heteroatoms. The fourth-order valence-electron chi connectivity index (χ4n) is 1.80. The minimum Gasteiger partial charge on any atom is -0.381 e. The molecule has 1 N–H and O–H groups in total. The third-order valence-electron chi connectivity index (χ3n) is 2.68. The molecule has 0 fully saturated rings. The molecule has 0 bridgehead atoms. The van der Waals surface area contributed by atoms with Crippen LogP contribution < -0.4 is 5.32 Å². The lowest BCUT2D eigenvalue weighted by Gasteiger charge is -2.18. The zero-order chi connectivity index (χ0) is 11.3. The molecule has 1 amide bonds. The van der Waals surface area contributed by atoms with Gasteiger partial charge in [0.25, 0.3) is 0 Å². The molecule has 0 aromatic heterocycles. The SMILES string of the molecule is C=CC(=O)NC1C=C(N(C)C)CCCC1. The molecule has 0 aromatic rings. The maximum Gasteiger partial charge on any atom is 0.243 e. The van der Waals surface area contributed by atoms with Crippen molar-refractivity contribution in [1.82, 2.24) is 10.2 Å². The van der Waals surface area contributed by atoms with Gasteiger partial charge >= 0.3 is 0 Å². The van der Waals surface area contributed by atoms with E-state index in [1.807, 2.05) is 14.1 Å². The Balaban J connectivity index is 2.65. The second-order valence-electron chi connectivity index (χ2n) is 4.12. The van der Waals surface area contributed by atoms with Crippen LogP contribution in [-0.2, 0) is 4.79 Å². The Morgan fingerprint density at radius 1 is 1.60 bits per heavy atom. The molecule has 1 aliphatic carbocycles. The van der Waals surface area contributed by atoms with E-state index in [4.69, 9.17) is 0 Å². The summed E-state index contributed by atoms with van der Waals surface area (Å²) in [5.41, 5.74) is 1.31. The zero-order valence-corrected chi connectivity index (χ0v) is 9.62. The molecule has 1 rings (SSSR count). The number of hydrogen-bond donors (Lipinski definition) is 1. The van der Waals surface area contributed by atoms with Crippen molar-refractivity contribution in [2.45, 2.75) is 31.7 Å². The van der Waals surface area contributed by atoms with Gasteiger partial charge in [0.15, 0.2) is 0 Å². The number of carbonyl (C=O) groups is 1. The molecule has 0 aliphatic heterocycles. The molecular formula is C12H20N2O. The molecule has 1 unspecified atom stereocenters. The van der Waals surface area contributed by atoms with E-state index in [0.29, 0.717) is 0 Å². The summed E-state index contributed by atoms with van der Waals surface area (Å²) < 4.78 is 0. The van der Waals surface area contributed by atoms with Crippen LogP contribution >= 0.6 is 0 Å². The lowest BCUT2D eigenvalue weighted by molar-refractivity contribution is -0.116. The fraction of sp³-hybridized carbons (Fsp3) is 0.583. The first-order valence-electron chi connectivity index (χ1n) is 5.44. The Labute approximate surface area is 91.8 Å². The van der Waals surface area contributed by atoms with Gasteiger partial charge in [0.05, 0.1) is 0 Å². The van der Waals surface area contributed by atoms with Crippen molar-refractivity contribution in [2.75, 3.05) is 14.1 Å². The van der Waals surface area contributed by atoms with Gasteiger partial charge in [-0.3, -0.25) is 4.79 Å². The number of allylic oxidation sites excluding steroid dienone is 1. The summed E-state index contributed by atoms with van der Waals surface area (Å²) in [6.07, 6.45) is 7.98. The molecule has 0 saturated heterocycles. The summed E-state index contributed by atoms with van der Waals surface area (Å²) in [6.45, 7) is 3.46. The van der Waals surface area contributed by atoms with Crippen molar-refractivity contribution in [2.24, 2.45) is 0 Å². The number of carbonyl (C=O) groups excluding carboxylic acids is 1. The van der Waals surface area contributed by atoms with Crippen LogP contribution in [0.15, 0.2) is 24.4 Å². The second-order valence-corrected chi connectivity index (χ2v) is 4.12. The summed E-state index contributed by atoms with van der Waals surface area (Å²) >= 11 is 0. The van der Waals surface area contributed by atoms with Crippen molar-refractivity contribution in [3.63, 3.8) is 0 Å². The fourth-order valence-corrected chi connectivity index (χ4v) is 1.80. The predicted molar refractivity (Wildman–Crippen MR) is 62.4 cm³/mol. The molecule has 3 nitrogen and oxygen atoms in total. The van der Waals surface area contributed by atoms with Crippen LogP contribution in [0.25, 0.3) is 0 Å². The van der Waals surface area contributed by atoms with Gasteiger partial charge < -0.3 is 10.2 Å². The highest BCUT2D eigenvalue weighted by Gasteiger charge is 2.13. The number of nitrogens with zero attached hydrogens (tertiary/aromatic N) is 1. The third kappa shape index (κ3) is 3.78. The standard InChI is InChI=1S/C12H20N2O/c1-4-12(15)13-10-7-5-6-8-11(9-10)14(2)3/h4,9-10H,1,5-8H2,2-3H3,(H,13,15). The van der Waals surface area contributed by atoms with E-state index >= 15 is 0 Å². The molecule has 0 heterocycles. The first-order chi connectivity index (χ1) is 7.13. The second kappa shape index (κ2) is 5.59. The number of nitrogens with one attached hydrogen (secondary N) is 1. The average molecular weight is 208 g/mol. The smallest absolute Gasteiger partial charge is 0.243 e. The minimum absolute atomic E-state index is 0.0868. The van der Waals surface area contributed by atoms with Crippen LogP contribution in [0.1, 0.15) is 25.7 Å². The predicted octanol–water partition coefficient (Wildman–Crippen LogP) is 1.68. The van der Waals surface area contributed by atoms with Gasteiger partial charge in [-0.05, 0) is 31.4 Å². The van der Waals surface area contributed by atoms with E-state index < -0.39 is 0 Å². The van der Waals surface area contributed by atoms with Crippen molar-refractivity contribution >= 4 is 5.91 Å². The van der Waals surface area contributed by atoms with Gasteiger partial charge in [-0.25, -0.2) is 0 Å². The number of hydrogen-bond acceptors (Lipinski definition) is 2. The zero-order valence-electron chi connectivity index (χ0n) is 9.62. The Morgan fingerprint density at radius 3 is 2.93 bits per heavy atom. The van der Waals surface area contributed by atoms with Gasteiger partial charge in [-0.15, -0.1) is 0 Å². The molecular weight excluding hydrogens is 188 g/mol. The molecule has 1 atom stereocenters. The van der Waals surface area contributed by atoms with Crippen LogP contribution in [0.4, 0.5) is 0 Å². The molecule has 0 spiro atoms. The maximum atomic E-state index is 11.2. The lowest BCUT2D eigenvalue weighted by atomic mass is 10.1. The summed E-state index contributed by atoms with van der Waals surface area (Å²) in [5.74, 6) is -0.0868. The van der Waals surface area contributed by atoms with E-state index in [9.17, 15) is 4.79 Å². The topological polar surface area (TPSA) is 32.3 Å². The van der Waals surface area contributed by atoms with Crippen LogP contribution in [0, 0.1) is 0 Å². The molecule has 15 heavy (non-hydrogen) atoms. The molecule has 0 saturated carbocycles. The Kier molecular flexibility index (Phi) is 4.40. The average Bonchev–Trinajstić information content (AvgIpc) is 2.43. The number of rotatable bonds is 3. The van der Waals surface area contributed by atoms with Crippen LogP contribution in [0.2, 0.25) is 0 Å². The molecule has 0 aromatic carbocycles. The molecule has 84 valence electrons. The quantitative estimate of drug-likeness (QED) is 0.716. The first kappa shape index (κ1) is 11.8. The highest BCUT2D eigenvalue weighted by atomic mass is 16.1. The highest BCUT2D eigenvalue weighted by Crippen LogP contribution is 2.18. The van der Waals surface area contributed by atoms with E-state index in [2.05, 4.69) is 22.9 Å². The Morgan fingerprint density at radius 2 is 2.33 bits per heavy atom. The highest BCUT2D eigenvalue weighted by molar-refractivity contribution is 5.87. The van der Waals surface area contributed by atoms with Gasteiger partial charge in [-0.1, -0.05) is 13.0 Å². The minimum atomic E-state index is -0.0868. The van der Waals surface area contributed by atoms with E-state index in [1.165, 1.54) is 18.2 Å². The maximum absolute atomic E-state index is 11.2. The third-order valence-corrected chi connectivity index (χ3v) is 2.68. The lowest BCUT2D eigenvalue weighted by Crippen LogP contribution is -2.32. The molecule has 1 aliphatic rings. The van der Waals surface area contributed by atoms with E-state index in [-0.39, 0.29) is 11.9 Å². The van der Waals surface area contributed by atoms with E-state index in [1.54, 1.807) is 0 Å². The Bertz CT molecular complexity index is 269. The summed E-state index contributed by atoms with van der Waals surface area (Å²) in [4.78, 5) is 13.3. The first-order valence-corrected chi connectivity index (χ1v) is 5.44. The Hall–Kier alpha value is -1.25. The summed E-state index contributed by atoms with van der Waals surface area (Å²) in [5, 5.41) is 2.93. The van der Waals surface area contributed by atoms with Crippen molar-refractivity contribution in [1.29, 1.82) is 0 Å². The summed E-state index contributed by atoms with van der Waals surface area (Å²) in [7, 11) is 4.09. The van der Waals surface area contributed by atoms with Crippen LogP contribution in [0.5, 0.6) is 0 Å². The van der Waals surface area contributed by atoms with Crippen molar-refractivity contribution < 1.29 is 4.79 Å². The monoisotopic (exact) mass is 208 g/mol. The number of amides is 1. The van der Waals surface area contributed by atoms with E-state index in [0.717, 1.165) is 19.3 Å². The van der Waals surface area contributed by atoms with Gasteiger partial charge in [0.2, 0.25) is 5.91 Å². The summed E-state index contributed by atoms with van der Waals surface area (Å²) in [6, 6.07) is 0.162. The van der Waals surface area contributed by atoms with Crippen molar-refractivity contribution in [3.8, 4) is 0 Å².